The van der Waals surface area contributed by atoms with E-state index in [2.05, 4.69) is 30.8 Å². The fourth-order valence-corrected chi connectivity index (χ4v) is 3.05. The van der Waals surface area contributed by atoms with Gasteiger partial charge in [-0.3, -0.25) is 0 Å². The zero-order valence-corrected chi connectivity index (χ0v) is 12.9. The Labute approximate surface area is 116 Å². The molecule has 0 saturated carbocycles. The molecule has 2 N–H and O–H groups in total. The molecule has 2 unspecified atom stereocenters. The fourth-order valence-electron chi connectivity index (χ4n) is 2.01. The summed E-state index contributed by atoms with van der Waals surface area (Å²) in [6.45, 7) is 9.45. The van der Waals surface area contributed by atoms with Gasteiger partial charge >= 0.3 is 0 Å². The number of hydrogen-bond donors (Lipinski definition) is 2. The van der Waals surface area contributed by atoms with Crippen LogP contribution in [0.3, 0.4) is 0 Å². The van der Waals surface area contributed by atoms with Crippen LogP contribution in [0, 0.1) is 0 Å². The van der Waals surface area contributed by atoms with Crippen molar-refractivity contribution in [2.45, 2.75) is 44.6 Å². The first-order chi connectivity index (χ1) is 8.92. The van der Waals surface area contributed by atoms with Crippen LogP contribution in [0.25, 0.3) is 0 Å². The molecule has 19 heavy (non-hydrogen) atoms. The van der Waals surface area contributed by atoms with E-state index in [9.17, 15) is 8.42 Å². The Morgan fingerprint density at radius 2 is 1.63 bits per heavy atom. The second-order valence-electron chi connectivity index (χ2n) is 4.71. The van der Waals surface area contributed by atoms with Crippen LogP contribution in [0.5, 0.6) is 0 Å². The van der Waals surface area contributed by atoms with Crippen molar-refractivity contribution in [2.75, 3.05) is 13.1 Å². The van der Waals surface area contributed by atoms with Gasteiger partial charge in [0.25, 0.3) is 0 Å². The number of nitrogens with one attached hydrogen (secondary N) is 2. The molecule has 0 heterocycles. The summed E-state index contributed by atoms with van der Waals surface area (Å²) in [5, 5.41) is 3.38. The Morgan fingerprint density at radius 3 is 2.11 bits per heavy atom. The summed E-state index contributed by atoms with van der Waals surface area (Å²) in [5.74, 6) is 0.343. The molecule has 108 valence electrons. The molecule has 5 heteroatoms. The van der Waals surface area contributed by atoms with Gasteiger partial charge in [-0.25, -0.2) is 13.1 Å². The van der Waals surface area contributed by atoms with Crippen LogP contribution in [-0.2, 0) is 10.0 Å². The summed E-state index contributed by atoms with van der Waals surface area (Å²) >= 11 is 0. The van der Waals surface area contributed by atoms with Gasteiger partial charge in [-0.1, -0.05) is 32.9 Å². The van der Waals surface area contributed by atoms with Gasteiger partial charge < -0.3 is 5.32 Å². The lowest BCUT2D eigenvalue weighted by molar-refractivity contribution is 0.495. The normalized spacial score (nSPS) is 15.2. The second kappa shape index (κ2) is 7.03. The zero-order chi connectivity index (χ0) is 14.5. The SMILES string of the molecule is CCNC(C)C(C)c1ccc(S(=O)(=O)NCC)cc1. The molecule has 0 spiro atoms. The minimum Gasteiger partial charge on any atom is -0.314 e. The molecular weight excluding hydrogens is 260 g/mol. The van der Waals surface area contributed by atoms with Crippen molar-refractivity contribution in [2.24, 2.45) is 0 Å². The molecule has 0 saturated heterocycles. The van der Waals surface area contributed by atoms with E-state index >= 15 is 0 Å². The van der Waals surface area contributed by atoms with Crippen molar-refractivity contribution in [3.05, 3.63) is 29.8 Å². The molecule has 4 nitrogen and oxygen atoms in total. The van der Waals surface area contributed by atoms with E-state index in [4.69, 9.17) is 0 Å². The molecule has 0 aromatic heterocycles. The van der Waals surface area contributed by atoms with Crippen LogP contribution >= 0.6 is 0 Å². The topological polar surface area (TPSA) is 58.2 Å². The summed E-state index contributed by atoms with van der Waals surface area (Å²) in [5.41, 5.74) is 1.14. The van der Waals surface area contributed by atoms with Gasteiger partial charge in [-0.2, -0.15) is 0 Å². The third-order valence-corrected chi connectivity index (χ3v) is 4.89. The average molecular weight is 284 g/mol. The lowest BCUT2D eigenvalue weighted by Gasteiger charge is -2.21. The zero-order valence-electron chi connectivity index (χ0n) is 12.1. The maximum atomic E-state index is 11.8. The summed E-state index contributed by atoms with van der Waals surface area (Å²) in [4.78, 5) is 0.321. The number of benzene rings is 1. The largest absolute Gasteiger partial charge is 0.314 e. The van der Waals surface area contributed by atoms with Crippen molar-refractivity contribution in [1.29, 1.82) is 0 Å². The van der Waals surface area contributed by atoms with E-state index < -0.39 is 10.0 Å². The van der Waals surface area contributed by atoms with Crippen molar-refractivity contribution in [3.63, 3.8) is 0 Å². The van der Waals surface area contributed by atoms with Crippen LogP contribution in [-0.4, -0.2) is 27.5 Å². The lowest BCUT2D eigenvalue weighted by atomic mass is 9.94. The van der Waals surface area contributed by atoms with Crippen LogP contribution in [0.4, 0.5) is 0 Å². The van der Waals surface area contributed by atoms with Gasteiger partial charge in [0.05, 0.1) is 4.90 Å². The number of sulfonamides is 1. The van der Waals surface area contributed by atoms with E-state index in [0.717, 1.165) is 12.1 Å². The van der Waals surface area contributed by atoms with Crippen LogP contribution in [0.2, 0.25) is 0 Å². The minimum absolute atomic E-state index is 0.321. The lowest BCUT2D eigenvalue weighted by Crippen LogP contribution is -2.30. The Kier molecular flexibility index (Phi) is 5.97. The Morgan fingerprint density at radius 1 is 1.05 bits per heavy atom. The highest BCUT2D eigenvalue weighted by molar-refractivity contribution is 7.89. The van der Waals surface area contributed by atoms with Gasteiger partial charge in [-0.15, -0.1) is 0 Å². The predicted octanol–water partition coefficient (Wildman–Crippen LogP) is 2.09. The van der Waals surface area contributed by atoms with Gasteiger partial charge in [0.1, 0.15) is 0 Å². The first-order valence-electron chi connectivity index (χ1n) is 6.75. The van der Waals surface area contributed by atoms with Crippen molar-refractivity contribution < 1.29 is 8.42 Å². The quantitative estimate of drug-likeness (QED) is 0.806. The van der Waals surface area contributed by atoms with E-state index in [0.29, 0.717) is 23.4 Å². The smallest absolute Gasteiger partial charge is 0.240 e. The number of hydrogen-bond acceptors (Lipinski definition) is 3. The summed E-state index contributed by atoms with van der Waals surface area (Å²) in [7, 11) is -3.35. The number of rotatable bonds is 7. The third-order valence-electron chi connectivity index (χ3n) is 3.33. The molecule has 0 bridgehead atoms. The molecule has 2 atom stereocenters. The van der Waals surface area contributed by atoms with Gasteiger partial charge in [0.2, 0.25) is 10.0 Å². The van der Waals surface area contributed by atoms with Gasteiger partial charge in [0, 0.05) is 12.6 Å². The second-order valence-corrected chi connectivity index (χ2v) is 6.47. The highest BCUT2D eigenvalue weighted by atomic mass is 32.2. The molecule has 0 aliphatic carbocycles. The molecule has 1 aromatic carbocycles. The Bertz CT molecular complexity index is 483. The van der Waals surface area contributed by atoms with Crippen molar-refractivity contribution in [1.82, 2.24) is 10.0 Å². The molecule has 0 radical (unpaired) electrons. The van der Waals surface area contributed by atoms with E-state index in [1.54, 1.807) is 19.1 Å². The maximum Gasteiger partial charge on any atom is 0.240 e. The summed E-state index contributed by atoms with van der Waals surface area (Å²) in [6.07, 6.45) is 0. The number of likely N-dealkylation sites (N-methyl/N-ethyl adjacent to an activating group) is 1. The Balaban J connectivity index is 2.87. The first kappa shape index (κ1) is 16.1. The van der Waals surface area contributed by atoms with Crippen LogP contribution in [0.15, 0.2) is 29.2 Å². The van der Waals surface area contributed by atoms with Crippen LogP contribution in [0.1, 0.15) is 39.2 Å². The van der Waals surface area contributed by atoms with E-state index in [1.807, 2.05) is 12.1 Å². The third kappa shape index (κ3) is 4.30. The molecule has 0 amide bonds. The molecule has 1 rings (SSSR count). The van der Waals surface area contributed by atoms with Crippen molar-refractivity contribution >= 4 is 10.0 Å². The summed E-state index contributed by atoms with van der Waals surface area (Å²) < 4.78 is 26.1. The van der Waals surface area contributed by atoms with Gasteiger partial charge in [-0.05, 0) is 37.1 Å². The summed E-state index contributed by atoms with van der Waals surface area (Å²) in [6, 6.07) is 7.48. The predicted molar refractivity (Wildman–Crippen MR) is 78.9 cm³/mol. The monoisotopic (exact) mass is 284 g/mol. The highest BCUT2D eigenvalue weighted by Crippen LogP contribution is 2.21. The van der Waals surface area contributed by atoms with E-state index in [1.165, 1.54) is 0 Å². The van der Waals surface area contributed by atoms with Crippen LogP contribution < -0.4 is 10.0 Å². The van der Waals surface area contributed by atoms with Gasteiger partial charge in [0.15, 0.2) is 0 Å². The standard InChI is InChI=1S/C14H24N2O2S/c1-5-15-12(4)11(3)13-7-9-14(10-8-13)19(17,18)16-6-2/h7-12,15-16H,5-6H2,1-4H3. The molecule has 0 aliphatic rings. The first-order valence-corrected chi connectivity index (χ1v) is 8.23. The molecule has 1 aromatic rings. The minimum atomic E-state index is -3.35. The molecule has 0 aliphatic heterocycles. The molecular formula is C14H24N2O2S. The van der Waals surface area contributed by atoms with E-state index in [-0.39, 0.29) is 0 Å². The Hall–Kier alpha value is -0.910. The average Bonchev–Trinajstić information content (AvgIpc) is 2.38. The fraction of sp³-hybridized carbons (Fsp3) is 0.571. The van der Waals surface area contributed by atoms with Crippen molar-refractivity contribution in [3.8, 4) is 0 Å². The molecule has 0 fully saturated rings. The maximum absolute atomic E-state index is 11.8. The highest BCUT2D eigenvalue weighted by Gasteiger charge is 2.16.